The van der Waals surface area contributed by atoms with Gasteiger partial charge in [-0.1, -0.05) is 30.8 Å². The van der Waals surface area contributed by atoms with E-state index in [1.807, 2.05) is 0 Å². The number of methoxy groups -OCH3 is 1. The van der Waals surface area contributed by atoms with Crippen molar-refractivity contribution in [3.05, 3.63) is 12.2 Å². The van der Waals surface area contributed by atoms with Crippen LogP contribution in [0.1, 0.15) is 26.7 Å². The molecule has 2 atom stereocenters. The summed E-state index contributed by atoms with van der Waals surface area (Å²) in [4.78, 5) is 48.8. The van der Waals surface area contributed by atoms with E-state index in [4.69, 9.17) is 4.74 Å². The van der Waals surface area contributed by atoms with Gasteiger partial charge in [-0.2, -0.15) is 0 Å². The smallest absolute Gasteiger partial charge is 0.334 e. The highest BCUT2D eigenvalue weighted by Gasteiger charge is 2.59. The molecule has 2 unspecified atom stereocenters. The lowest BCUT2D eigenvalue weighted by Gasteiger charge is -2.33. The molecule has 0 aliphatic carbocycles. The van der Waals surface area contributed by atoms with E-state index in [-0.39, 0.29) is 24.0 Å². The van der Waals surface area contributed by atoms with Crippen molar-refractivity contribution in [3.63, 3.8) is 0 Å². The molecule has 2 aliphatic heterocycles. The maximum Gasteiger partial charge on any atom is 0.334 e. The van der Waals surface area contributed by atoms with Crippen molar-refractivity contribution in [1.82, 2.24) is 10.0 Å². The van der Waals surface area contributed by atoms with Gasteiger partial charge in [-0.15, -0.1) is 0 Å². The molecule has 2 aliphatic rings. The van der Waals surface area contributed by atoms with E-state index in [1.165, 1.54) is 24.1 Å². The first-order valence-corrected chi connectivity index (χ1v) is 8.41. The van der Waals surface area contributed by atoms with Crippen molar-refractivity contribution in [3.8, 4) is 0 Å². The average molecular weight is 340 g/mol. The van der Waals surface area contributed by atoms with E-state index in [0.717, 1.165) is 11.8 Å². The number of hydrogen-bond acceptors (Lipinski definition) is 6. The van der Waals surface area contributed by atoms with E-state index >= 15 is 0 Å². The van der Waals surface area contributed by atoms with E-state index in [2.05, 4.69) is 0 Å². The lowest BCUT2D eigenvalue weighted by atomic mass is 9.81. The van der Waals surface area contributed by atoms with Crippen LogP contribution in [0.4, 0.5) is 0 Å². The summed E-state index contributed by atoms with van der Waals surface area (Å²) in [7, 11) is 1.24. The molecular weight excluding hydrogens is 320 g/mol. The normalized spacial score (nSPS) is 26.5. The number of hydrogen-bond donors (Lipinski definition) is 0. The number of fused-ring (bicyclic) bond motifs is 1. The Morgan fingerprint density at radius 3 is 2.65 bits per heavy atom. The SMILES string of the molecule is CCC1(CCSC(C)=O)C(=O)N2CC=CC(C(=O)OC)N2C1=O. The zero-order valence-electron chi connectivity index (χ0n) is 13.4. The van der Waals surface area contributed by atoms with Gasteiger partial charge in [0.05, 0.1) is 13.7 Å². The first-order chi connectivity index (χ1) is 10.9. The molecule has 0 saturated carbocycles. The molecule has 23 heavy (non-hydrogen) atoms. The molecule has 0 spiro atoms. The highest BCUT2D eigenvalue weighted by atomic mass is 32.2. The highest BCUT2D eigenvalue weighted by Crippen LogP contribution is 2.41. The minimum atomic E-state index is -1.21. The molecule has 0 bridgehead atoms. The topological polar surface area (TPSA) is 84.0 Å². The molecular formula is C15H20N2O5S. The maximum atomic E-state index is 12.9. The van der Waals surface area contributed by atoms with Crippen molar-refractivity contribution in [1.29, 1.82) is 0 Å². The summed E-state index contributed by atoms with van der Waals surface area (Å²) >= 11 is 1.09. The van der Waals surface area contributed by atoms with E-state index in [0.29, 0.717) is 12.2 Å². The molecule has 0 aromatic heterocycles. The fraction of sp³-hybridized carbons (Fsp3) is 0.600. The molecule has 0 aromatic carbocycles. The zero-order chi connectivity index (χ0) is 17.2. The van der Waals surface area contributed by atoms with Gasteiger partial charge in [0.15, 0.2) is 11.2 Å². The summed E-state index contributed by atoms with van der Waals surface area (Å²) < 4.78 is 4.73. The fourth-order valence-electron chi connectivity index (χ4n) is 2.95. The van der Waals surface area contributed by atoms with Crippen LogP contribution < -0.4 is 0 Å². The molecule has 1 fully saturated rings. The third kappa shape index (κ3) is 2.87. The van der Waals surface area contributed by atoms with Gasteiger partial charge in [0, 0.05) is 12.7 Å². The monoisotopic (exact) mass is 340 g/mol. The number of carbonyl (C=O) groups is 4. The summed E-state index contributed by atoms with van der Waals surface area (Å²) in [5, 5.41) is 2.46. The van der Waals surface area contributed by atoms with Crippen molar-refractivity contribution in [2.24, 2.45) is 5.41 Å². The number of rotatable bonds is 5. The minimum Gasteiger partial charge on any atom is -0.467 e. The first-order valence-electron chi connectivity index (χ1n) is 7.42. The number of esters is 1. The lowest BCUT2D eigenvalue weighted by molar-refractivity contribution is -0.163. The van der Waals surface area contributed by atoms with Gasteiger partial charge in [-0.05, 0) is 12.8 Å². The van der Waals surface area contributed by atoms with Gasteiger partial charge < -0.3 is 4.74 Å². The number of thioether (sulfide) groups is 1. The average Bonchev–Trinajstić information content (AvgIpc) is 2.76. The lowest BCUT2D eigenvalue weighted by Crippen LogP contribution is -2.52. The molecule has 0 N–H and O–H groups in total. The van der Waals surface area contributed by atoms with Crippen LogP contribution in [0.5, 0.6) is 0 Å². The molecule has 0 radical (unpaired) electrons. The first kappa shape index (κ1) is 17.5. The van der Waals surface area contributed by atoms with Crippen LogP contribution in [0, 0.1) is 5.41 Å². The van der Waals surface area contributed by atoms with E-state index < -0.39 is 23.3 Å². The van der Waals surface area contributed by atoms with Crippen molar-refractivity contribution in [2.75, 3.05) is 19.4 Å². The largest absolute Gasteiger partial charge is 0.467 e. The van der Waals surface area contributed by atoms with Gasteiger partial charge in [-0.3, -0.25) is 14.4 Å². The van der Waals surface area contributed by atoms with Crippen molar-refractivity contribution >= 4 is 34.7 Å². The highest BCUT2D eigenvalue weighted by molar-refractivity contribution is 8.13. The van der Waals surface area contributed by atoms with Crippen molar-refractivity contribution < 1.29 is 23.9 Å². The molecule has 8 heteroatoms. The van der Waals surface area contributed by atoms with Crippen LogP contribution in [0.15, 0.2) is 12.2 Å². The standard InChI is InChI=1S/C15H20N2O5S/c1-4-15(7-9-23-10(2)18)13(20)16-8-5-6-11(12(19)22-3)17(16)14(15)21/h5-6,11H,4,7-9H2,1-3H3. The van der Waals surface area contributed by atoms with Gasteiger partial charge in [-0.25, -0.2) is 14.8 Å². The molecule has 1 saturated heterocycles. The van der Waals surface area contributed by atoms with E-state index in [9.17, 15) is 19.2 Å². The Kier molecular flexibility index (Phi) is 5.13. The summed E-state index contributed by atoms with van der Waals surface area (Å²) in [5.74, 6) is -0.906. The number of ether oxygens (including phenoxy) is 1. The van der Waals surface area contributed by atoms with Crippen molar-refractivity contribution in [2.45, 2.75) is 32.7 Å². The van der Waals surface area contributed by atoms with Crippen LogP contribution in [-0.4, -0.2) is 58.4 Å². The Morgan fingerprint density at radius 2 is 2.09 bits per heavy atom. The molecule has 126 valence electrons. The van der Waals surface area contributed by atoms with E-state index in [1.54, 1.807) is 19.1 Å². The third-order valence-electron chi connectivity index (χ3n) is 4.26. The third-order valence-corrected chi connectivity index (χ3v) is 5.08. The second-order valence-corrected chi connectivity index (χ2v) is 6.73. The summed E-state index contributed by atoms with van der Waals surface area (Å²) in [5.41, 5.74) is -1.21. The summed E-state index contributed by atoms with van der Waals surface area (Å²) in [6.07, 6.45) is 3.85. The predicted octanol–water partition coefficient (Wildman–Crippen LogP) is 0.750. The maximum absolute atomic E-state index is 12.9. The quantitative estimate of drug-likeness (QED) is 0.417. The Morgan fingerprint density at radius 1 is 1.39 bits per heavy atom. The second kappa shape index (κ2) is 6.74. The van der Waals surface area contributed by atoms with Gasteiger partial charge in [0.1, 0.15) is 5.41 Å². The number of amides is 2. The Labute approximate surface area is 139 Å². The van der Waals surface area contributed by atoms with Gasteiger partial charge >= 0.3 is 5.97 Å². The molecule has 2 heterocycles. The fourth-order valence-corrected chi connectivity index (χ4v) is 3.68. The number of hydrazine groups is 1. The zero-order valence-corrected chi connectivity index (χ0v) is 14.2. The number of carbonyl (C=O) groups excluding carboxylic acids is 4. The van der Waals surface area contributed by atoms with Crippen LogP contribution in [-0.2, 0) is 23.9 Å². The predicted molar refractivity (Wildman–Crippen MR) is 84.0 cm³/mol. The van der Waals surface area contributed by atoms with Crippen LogP contribution >= 0.6 is 11.8 Å². The molecule has 2 amide bonds. The van der Waals surface area contributed by atoms with Crippen LogP contribution in [0.2, 0.25) is 0 Å². The molecule has 2 rings (SSSR count). The summed E-state index contributed by atoms with van der Waals surface area (Å²) in [6, 6.07) is -0.918. The van der Waals surface area contributed by atoms with Gasteiger partial charge in [0.25, 0.3) is 11.8 Å². The Hall–Kier alpha value is -1.83. The Bertz CT molecular complexity index is 576. The Balaban J connectivity index is 2.30. The van der Waals surface area contributed by atoms with Gasteiger partial charge in [0.2, 0.25) is 0 Å². The number of nitrogens with zero attached hydrogens (tertiary/aromatic N) is 2. The second-order valence-electron chi connectivity index (χ2n) is 5.46. The van der Waals surface area contributed by atoms with Crippen LogP contribution in [0.25, 0.3) is 0 Å². The molecule has 0 aromatic rings. The van der Waals surface area contributed by atoms with Crippen LogP contribution in [0.3, 0.4) is 0 Å². The summed E-state index contributed by atoms with van der Waals surface area (Å²) in [6.45, 7) is 3.47. The molecule has 7 nitrogen and oxygen atoms in total. The minimum absolute atomic E-state index is 0.0544.